The van der Waals surface area contributed by atoms with Gasteiger partial charge in [-0.3, -0.25) is 14.5 Å². The van der Waals surface area contributed by atoms with Crippen molar-refractivity contribution in [2.45, 2.75) is 52.2 Å². The van der Waals surface area contributed by atoms with Crippen molar-refractivity contribution in [1.82, 2.24) is 19.5 Å². The number of hydrogen-bond donors (Lipinski definition) is 3. The topological polar surface area (TPSA) is 144 Å². The van der Waals surface area contributed by atoms with Gasteiger partial charge in [0.05, 0.1) is 6.04 Å². The third-order valence-electron chi connectivity index (χ3n) is 6.12. The number of likely N-dealkylation sites (tertiary alicyclic amines) is 1. The molecule has 3 heterocycles. The lowest BCUT2D eigenvalue weighted by molar-refractivity contribution is 0.0216. The van der Waals surface area contributed by atoms with Crippen LogP contribution >= 0.6 is 0 Å². The molecule has 0 spiro atoms. The van der Waals surface area contributed by atoms with E-state index in [4.69, 9.17) is 15.5 Å². The Kier molecular flexibility index (Phi) is 7.38. The summed E-state index contributed by atoms with van der Waals surface area (Å²) in [5, 5.41) is 2.78. The number of anilines is 1. The fourth-order valence-electron chi connectivity index (χ4n) is 4.46. The number of nitrogens with one attached hydrogen (secondary N) is 2. The molecular weight excluding hydrogens is 486 g/mol. The van der Waals surface area contributed by atoms with Gasteiger partial charge < -0.3 is 21.2 Å². The predicted molar refractivity (Wildman–Crippen MR) is 143 cm³/mol. The van der Waals surface area contributed by atoms with Crippen molar-refractivity contribution in [3.05, 3.63) is 65.2 Å². The largest absolute Gasteiger partial charge is 0.444 e. The smallest absolute Gasteiger partial charge is 0.410 e. The molecule has 1 fully saturated rings. The van der Waals surface area contributed by atoms with Crippen LogP contribution in [0, 0.1) is 6.92 Å². The molecule has 0 unspecified atom stereocenters. The second-order valence-electron chi connectivity index (χ2n) is 10.2. The quantitative estimate of drug-likeness (QED) is 0.449. The van der Waals surface area contributed by atoms with E-state index in [2.05, 4.69) is 15.7 Å². The summed E-state index contributed by atoms with van der Waals surface area (Å²) in [7, 11) is 1.65. The minimum absolute atomic E-state index is 0.153. The molecule has 0 aliphatic carbocycles. The summed E-state index contributed by atoms with van der Waals surface area (Å²) in [6.07, 6.45) is 2.61. The van der Waals surface area contributed by atoms with Crippen molar-refractivity contribution < 1.29 is 19.1 Å². The zero-order valence-corrected chi connectivity index (χ0v) is 22.2. The van der Waals surface area contributed by atoms with Gasteiger partial charge in [0.1, 0.15) is 17.1 Å². The molecule has 2 aromatic heterocycles. The number of imidazole rings is 1. The first-order chi connectivity index (χ1) is 18.0. The van der Waals surface area contributed by atoms with Gasteiger partial charge in [0.2, 0.25) is 0 Å². The SMILES string of the molecule is CNn1c([C@@H]2CCCN2C(=O)OC(C)(C)C)nc(-c2ccc(C(=O)Nc3cc(C)ccn3)cc2)c1C(N)=O. The highest BCUT2D eigenvalue weighted by atomic mass is 16.6. The molecule has 1 aromatic carbocycles. The first-order valence-corrected chi connectivity index (χ1v) is 12.4. The summed E-state index contributed by atoms with van der Waals surface area (Å²) in [5.41, 5.74) is 10.6. The molecule has 1 aliphatic heterocycles. The van der Waals surface area contributed by atoms with E-state index in [9.17, 15) is 14.4 Å². The zero-order valence-electron chi connectivity index (χ0n) is 22.2. The average Bonchev–Trinajstić information content (AvgIpc) is 3.48. The summed E-state index contributed by atoms with van der Waals surface area (Å²) in [6.45, 7) is 7.87. The summed E-state index contributed by atoms with van der Waals surface area (Å²) < 4.78 is 7.12. The Balaban J connectivity index is 1.65. The van der Waals surface area contributed by atoms with Crippen LogP contribution in [-0.4, -0.2) is 56.6 Å². The molecule has 11 heteroatoms. The Hall–Kier alpha value is -4.41. The average molecular weight is 520 g/mol. The maximum absolute atomic E-state index is 12.9. The number of amides is 3. The number of nitrogens with two attached hydrogens (primary N) is 1. The van der Waals surface area contributed by atoms with Crippen LogP contribution in [0.3, 0.4) is 0 Å². The van der Waals surface area contributed by atoms with E-state index < -0.39 is 23.6 Å². The van der Waals surface area contributed by atoms with Gasteiger partial charge in [-0.25, -0.2) is 19.4 Å². The van der Waals surface area contributed by atoms with E-state index in [0.717, 1.165) is 12.0 Å². The molecule has 200 valence electrons. The van der Waals surface area contributed by atoms with Crippen LogP contribution in [0.5, 0.6) is 0 Å². The lowest BCUT2D eigenvalue weighted by atomic mass is 10.1. The highest BCUT2D eigenvalue weighted by molar-refractivity contribution is 6.04. The number of pyridine rings is 1. The maximum atomic E-state index is 12.9. The summed E-state index contributed by atoms with van der Waals surface area (Å²) >= 11 is 0. The second kappa shape index (κ2) is 10.5. The van der Waals surface area contributed by atoms with Gasteiger partial charge in [-0.2, -0.15) is 0 Å². The molecule has 4 rings (SSSR count). The van der Waals surface area contributed by atoms with Gasteiger partial charge >= 0.3 is 6.09 Å². The summed E-state index contributed by atoms with van der Waals surface area (Å²) in [4.78, 5) is 48.7. The molecule has 0 saturated carbocycles. The molecule has 11 nitrogen and oxygen atoms in total. The van der Waals surface area contributed by atoms with Crippen LogP contribution in [0.2, 0.25) is 0 Å². The van der Waals surface area contributed by atoms with Gasteiger partial charge in [0, 0.05) is 30.9 Å². The van der Waals surface area contributed by atoms with Crippen LogP contribution in [0.15, 0.2) is 42.6 Å². The standard InChI is InChI=1S/C27H33N7O4/c1-16-12-13-30-20(15-16)31-25(36)18-10-8-17(9-11-18)21-22(23(28)35)34(29-5)24(32-21)19-7-6-14-33(19)26(37)38-27(2,3)4/h8-13,15,19,29H,6-7,14H2,1-5H3,(H2,28,35)(H,30,31,36)/t19-/m0/s1. The van der Waals surface area contributed by atoms with Gasteiger partial charge in [0.25, 0.3) is 11.8 Å². The van der Waals surface area contributed by atoms with Crippen molar-refractivity contribution in [1.29, 1.82) is 0 Å². The third-order valence-corrected chi connectivity index (χ3v) is 6.12. The number of aryl methyl sites for hydroxylation is 1. The van der Waals surface area contributed by atoms with Crippen molar-refractivity contribution in [2.24, 2.45) is 5.73 Å². The van der Waals surface area contributed by atoms with E-state index in [0.29, 0.717) is 41.4 Å². The number of aromatic nitrogens is 3. The van der Waals surface area contributed by atoms with Crippen LogP contribution in [0.1, 0.15) is 71.9 Å². The van der Waals surface area contributed by atoms with Crippen LogP contribution in [0.4, 0.5) is 10.6 Å². The number of nitrogens with zero attached hydrogens (tertiary/aromatic N) is 4. The Morgan fingerprint density at radius 1 is 1.13 bits per heavy atom. The molecule has 4 N–H and O–H groups in total. The Labute approximate surface area is 221 Å². The van der Waals surface area contributed by atoms with Crippen molar-refractivity contribution in [2.75, 3.05) is 24.3 Å². The number of rotatable bonds is 6. The normalized spacial score (nSPS) is 15.3. The minimum Gasteiger partial charge on any atom is -0.444 e. The van der Waals surface area contributed by atoms with E-state index in [-0.39, 0.29) is 11.6 Å². The van der Waals surface area contributed by atoms with Crippen molar-refractivity contribution in [3.8, 4) is 11.3 Å². The predicted octanol–water partition coefficient (Wildman–Crippen LogP) is 3.85. The molecule has 1 aliphatic rings. The summed E-state index contributed by atoms with van der Waals surface area (Å²) in [6, 6.07) is 9.92. The minimum atomic E-state index is -0.678. The summed E-state index contributed by atoms with van der Waals surface area (Å²) in [5.74, 6) is -0.0574. The Bertz CT molecular complexity index is 1360. The molecular formula is C27H33N7O4. The van der Waals surface area contributed by atoms with Crippen molar-refractivity contribution in [3.63, 3.8) is 0 Å². The highest BCUT2D eigenvalue weighted by Crippen LogP contribution is 2.35. The molecule has 0 bridgehead atoms. The van der Waals surface area contributed by atoms with Gasteiger partial charge in [-0.1, -0.05) is 12.1 Å². The number of ether oxygens (including phenoxy) is 1. The van der Waals surface area contributed by atoms with Crippen LogP contribution in [0.25, 0.3) is 11.3 Å². The first-order valence-electron chi connectivity index (χ1n) is 12.4. The van der Waals surface area contributed by atoms with E-state index in [1.54, 1.807) is 48.5 Å². The lowest BCUT2D eigenvalue weighted by Gasteiger charge is -2.28. The zero-order chi connectivity index (χ0) is 27.6. The monoisotopic (exact) mass is 519 g/mol. The fraction of sp³-hybridized carbons (Fsp3) is 0.370. The molecule has 38 heavy (non-hydrogen) atoms. The van der Waals surface area contributed by atoms with Crippen molar-refractivity contribution >= 4 is 23.7 Å². The second-order valence-corrected chi connectivity index (χ2v) is 10.2. The molecule has 0 radical (unpaired) electrons. The number of carbonyl (C=O) groups excluding carboxylic acids is 3. The van der Waals surface area contributed by atoms with E-state index >= 15 is 0 Å². The molecule has 1 saturated heterocycles. The highest BCUT2D eigenvalue weighted by Gasteiger charge is 2.38. The number of primary amides is 1. The molecule has 1 atom stereocenters. The van der Waals surface area contributed by atoms with Crippen LogP contribution in [-0.2, 0) is 4.74 Å². The van der Waals surface area contributed by atoms with Crippen LogP contribution < -0.4 is 16.5 Å². The number of carbonyl (C=O) groups is 3. The van der Waals surface area contributed by atoms with Gasteiger partial charge in [0.15, 0.2) is 11.5 Å². The van der Waals surface area contributed by atoms with Gasteiger partial charge in [-0.15, -0.1) is 0 Å². The third kappa shape index (κ3) is 5.61. The first kappa shape index (κ1) is 26.6. The maximum Gasteiger partial charge on any atom is 0.410 e. The van der Waals surface area contributed by atoms with E-state index in [1.807, 2.05) is 33.8 Å². The molecule has 3 amide bonds. The van der Waals surface area contributed by atoms with Gasteiger partial charge in [-0.05, 0) is 70.4 Å². The van der Waals surface area contributed by atoms with E-state index in [1.165, 1.54) is 4.68 Å². The number of benzene rings is 1. The lowest BCUT2D eigenvalue weighted by Crippen LogP contribution is -2.37. The Morgan fingerprint density at radius 2 is 1.84 bits per heavy atom. The number of hydrogen-bond acceptors (Lipinski definition) is 7. The molecule has 3 aromatic rings. The fourth-order valence-corrected chi connectivity index (χ4v) is 4.46. The Morgan fingerprint density at radius 3 is 2.45 bits per heavy atom.